The number of aliphatic carboxylic acids is 1. The van der Waals surface area contributed by atoms with E-state index < -0.39 is 5.97 Å². The van der Waals surface area contributed by atoms with Crippen LogP contribution < -0.4 is 0 Å². The lowest BCUT2D eigenvalue weighted by molar-refractivity contribution is -0.137. The Labute approximate surface area is 148 Å². The van der Waals surface area contributed by atoms with Gasteiger partial charge in [-0.05, 0) is 51.4 Å². The van der Waals surface area contributed by atoms with E-state index in [-0.39, 0.29) is 0 Å². The van der Waals surface area contributed by atoms with Crippen molar-refractivity contribution in [2.75, 3.05) is 0 Å². The first-order valence-corrected chi connectivity index (χ1v) is 9.24. The molecule has 0 rings (SSSR count). The Morgan fingerprint density at radius 3 is 1.58 bits per heavy atom. The van der Waals surface area contributed by atoms with Crippen LogP contribution in [0.2, 0.25) is 0 Å². The highest BCUT2D eigenvalue weighted by Crippen LogP contribution is 2.04. The van der Waals surface area contributed by atoms with Crippen molar-refractivity contribution in [2.24, 2.45) is 0 Å². The van der Waals surface area contributed by atoms with Gasteiger partial charge in [0.15, 0.2) is 0 Å². The van der Waals surface area contributed by atoms with Gasteiger partial charge >= 0.3 is 5.97 Å². The molecule has 0 aromatic heterocycles. The van der Waals surface area contributed by atoms with E-state index in [1.807, 2.05) is 0 Å². The van der Waals surface area contributed by atoms with Gasteiger partial charge in [0.25, 0.3) is 0 Å². The Morgan fingerprint density at radius 2 is 1.12 bits per heavy atom. The molecule has 0 aromatic rings. The molecule has 1 N–H and O–H groups in total. The molecule has 2 heteroatoms. The lowest BCUT2D eigenvalue weighted by atomic mass is 10.1. The predicted octanol–water partition coefficient (Wildman–Crippen LogP) is 6.77. The van der Waals surface area contributed by atoms with Crippen LogP contribution in [-0.2, 0) is 4.79 Å². The Kier molecular flexibility index (Phi) is 17.8. The van der Waals surface area contributed by atoms with Crippen LogP contribution in [0.25, 0.3) is 0 Å². The van der Waals surface area contributed by atoms with E-state index in [4.69, 9.17) is 5.11 Å². The Morgan fingerprint density at radius 1 is 0.667 bits per heavy atom. The maximum atomic E-state index is 10.3. The average molecular weight is 331 g/mol. The molecule has 0 aromatic carbocycles. The van der Waals surface area contributed by atoms with Gasteiger partial charge in [-0.25, -0.2) is 0 Å². The van der Waals surface area contributed by atoms with Gasteiger partial charge in [0.05, 0.1) is 0 Å². The maximum Gasteiger partial charge on any atom is 0.303 e. The van der Waals surface area contributed by atoms with Crippen molar-refractivity contribution in [3.05, 3.63) is 60.8 Å². The molecule has 0 saturated heterocycles. The molecule has 0 radical (unpaired) electrons. The molecular weight excluding hydrogens is 296 g/mol. The zero-order valence-corrected chi connectivity index (χ0v) is 15.2. The molecule has 0 atom stereocenters. The van der Waals surface area contributed by atoms with Crippen molar-refractivity contribution in [1.82, 2.24) is 0 Å². The minimum Gasteiger partial charge on any atom is -0.481 e. The highest BCUT2D eigenvalue weighted by Gasteiger charge is 1.94. The molecule has 0 amide bonds. The van der Waals surface area contributed by atoms with E-state index >= 15 is 0 Å². The normalized spacial score (nSPS) is 12.7. The minimum atomic E-state index is -0.690. The first-order chi connectivity index (χ1) is 11.8. The minimum absolute atomic E-state index is 0.297. The summed E-state index contributed by atoms with van der Waals surface area (Å²) in [6.07, 6.45) is 31.3. The maximum absolute atomic E-state index is 10.3. The number of unbranched alkanes of at least 4 members (excludes halogenated alkanes) is 3. The van der Waals surface area contributed by atoms with Crippen molar-refractivity contribution in [1.29, 1.82) is 0 Å². The van der Waals surface area contributed by atoms with Crippen molar-refractivity contribution in [3.63, 3.8) is 0 Å². The summed E-state index contributed by atoms with van der Waals surface area (Å²) in [5.41, 5.74) is 0. The number of carboxylic acids is 1. The van der Waals surface area contributed by atoms with Crippen LogP contribution in [-0.4, -0.2) is 11.1 Å². The van der Waals surface area contributed by atoms with Crippen molar-refractivity contribution < 1.29 is 9.90 Å². The van der Waals surface area contributed by atoms with Crippen LogP contribution in [0.3, 0.4) is 0 Å². The molecule has 0 unspecified atom stereocenters. The summed E-state index contributed by atoms with van der Waals surface area (Å²) in [6.45, 7) is 2.15. The Balaban J connectivity index is 3.42. The molecule has 0 heterocycles. The molecule has 134 valence electrons. The Bertz CT molecular complexity index is 425. The third kappa shape index (κ3) is 20.2. The number of allylic oxidation sites excluding steroid dienone is 10. The van der Waals surface area contributed by atoms with Gasteiger partial charge in [0.1, 0.15) is 0 Å². The van der Waals surface area contributed by atoms with Gasteiger partial charge in [0, 0.05) is 6.42 Å². The van der Waals surface area contributed by atoms with Crippen LogP contribution in [0.15, 0.2) is 60.8 Å². The van der Waals surface area contributed by atoms with Crippen LogP contribution in [0.1, 0.15) is 71.1 Å². The zero-order valence-electron chi connectivity index (χ0n) is 15.2. The number of carboxylic acid groups (broad SMARTS) is 1. The number of hydrogen-bond donors (Lipinski definition) is 1. The Hall–Kier alpha value is -1.83. The largest absolute Gasteiger partial charge is 0.481 e. The van der Waals surface area contributed by atoms with Gasteiger partial charge in [-0.2, -0.15) is 0 Å². The van der Waals surface area contributed by atoms with E-state index in [1.54, 1.807) is 0 Å². The van der Waals surface area contributed by atoms with Crippen LogP contribution in [0.4, 0.5) is 0 Å². The van der Waals surface area contributed by atoms with Gasteiger partial charge in [-0.1, -0.05) is 74.1 Å². The standard InChI is InChI=1S/C22H34O2/c1-2-3-4-5-6-7-8-9-10-11-12-13-14-15-16-17-18-19-20-21-22(23)24/h3-4,6-7,9-10,12-13,15-16H,2,5,8,11,14,17-21H2,1H3,(H,23,24)/b4-3-,7-6-,10-9+,13-12-,16-15+. The van der Waals surface area contributed by atoms with Crippen LogP contribution in [0.5, 0.6) is 0 Å². The third-order valence-electron chi connectivity index (χ3n) is 3.42. The van der Waals surface area contributed by atoms with Gasteiger partial charge in [-0.3, -0.25) is 4.79 Å². The molecule has 0 bridgehead atoms. The predicted molar refractivity (Wildman–Crippen MR) is 105 cm³/mol. The summed E-state index contributed by atoms with van der Waals surface area (Å²) in [6, 6.07) is 0. The molecule has 2 nitrogen and oxygen atoms in total. The fourth-order valence-electron chi connectivity index (χ4n) is 2.08. The van der Waals surface area contributed by atoms with Crippen LogP contribution >= 0.6 is 0 Å². The van der Waals surface area contributed by atoms with Crippen molar-refractivity contribution >= 4 is 5.97 Å². The van der Waals surface area contributed by atoms with Gasteiger partial charge in [0.2, 0.25) is 0 Å². The van der Waals surface area contributed by atoms with E-state index in [2.05, 4.69) is 67.7 Å². The SMILES string of the molecule is CC/C=C\C/C=C\C/C=C/C/C=C\C/C=C/CCCCCC(=O)O. The number of hydrogen-bond acceptors (Lipinski definition) is 1. The fourth-order valence-corrected chi connectivity index (χ4v) is 2.08. The summed E-state index contributed by atoms with van der Waals surface area (Å²) < 4.78 is 0. The lowest BCUT2D eigenvalue weighted by Gasteiger charge is -1.94. The second-order valence-corrected chi connectivity index (χ2v) is 5.70. The van der Waals surface area contributed by atoms with E-state index in [9.17, 15) is 4.79 Å². The summed E-state index contributed by atoms with van der Waals surface area (Å²) >= 11 is 0. The van der Waals surface area contributed by atoms with Gasteiger partial charge in [-0.15, -0.1) is 0 Å². The van der Waals surface area contributed by atoms with Gasteiger partial charge < -0.3 is 5.11 Å². The summed E-state index contributed by atoms with van der Waals surface area (Å²) in [5, 5.41) is 8.52. The molecular formula is C22H34O2. The second kappa shape index (κ2) is 19.2. The highest BCUT2D eigenvalue weighted by molar-refractivity contribution is 5.66. The molecule has 0 aliphatic carbocycles. The summed E-state index contributed by atoms with van der Waals surface area (Å²) in [7, 11) is 0. The zero-order chi connectivity index (χ0) is 17.7. The third-order valence-corrected chi connectivity index (χ3v) is 3.42. The summed E-state index contributed by atoms with van der Waals surface area (Å²) in [5.74, 6) is -0.690. The van der Waals surface area contributed by atoms with E-state index in [1.165, 1.54) is 0 Å². The number of rotatable bonds is 15. The van der Waals surface area contributed by atoms with E-state index in [0.717, 1.165) is 57.8 Å². The fraction of sp³-hybridized carbons (Fsp3) is 0.500. The van der Waals surface area contributed by atoms with Crippen LogP contribution in [0, 0.1) is 0 Å². The quantitative estimate of drug-likeness (QED) is 0.265. The smallest absolute Gasteiger partial charge is 0.303 e. The van der Waals surface area contributed by atoms with E-state index in [0.29, 0.717) is 6.42 Å². The monoisotopic (exact) mass is 330 g/mol. The van der Waals surface area contributed by atoms with Crippen molar-refractivity contribution in [3.8, 4) is 0 Å². The first-order valence-electron chi connectivity index (χ1n) is 9.24. The summed E-state index contributed by atoms with van der Waals surface area (Å²) in [4.78, 5) is 10.3. The average Bonchev–Trinajstić information content (AvgIpc) is 2.56. The first kappa shape index (κ1) is 22.2. The lowest BCUT2D eigenvalue weighted by Crippen LogP contribution is -1.93. The second-order valence-electron chi connectivity index (χ2n) is 5.70. The molecule has 0 spiro atoms. The number of carbonyl (C=O) groups is 1. The molecule has 24 heavy (non-hydrogen) atoms. The molecule has 0 aliphatic heterocycles. The van der Waals surface area contributed by atoms with Crippen molar-refractivity contribution in [2.45, 2.75) is 71.1 Å². The topological polar surface area (TPSA) is 37.3 Å². The molecule has 0 fully saturated rings. The molecule has 0 saturated carbocycles. The highest BCUT2D eigenvalue weighted by atomic mass is 16.4. The molecule has 0 aliphatic rings.